The number of aromatic hydroxyl groups is 1. The summed E-state index contributed by atoms with van der Waals surface area (Å²) in [4.78, 5) is 4.34. The number of aromatic nitrogens is 1. The predicted octanol–water partition coefficient (Wildman–Crippen LogP) is 3.15. The minimum Gasteiger partial charge on any atom is -0.498 e. The summed E-state index contributed by atoms with van der Waals surface area (Å²) in [6, 6.07) is 3.79. The Hall–Kier alpha value is -1.75. The molecule has 1 aromatic heterocycles. The SMILES string of the molecule is COc1cc(C)c(-c2nc(C)c(O)s2)cc1OC. The van der Waals surface area contributed by atoms with E-state index in [4.69, 9.17) is 9.47 Å². The second-order valence-electron chi connectivity index (χ2n) is 3.93. The van der Waals surface area contributed by atoms with Gasteiger partial charge in [-0.1, -0.05) is 11.3 Å². The van der Waals surface area contributed by atoms with Crippen LogP contribution in [0.3, 0.4) is 0 Å². The summed E-state index contributed by atoms with van der Waals surface area (Å²) in [7, 11) is 3.21. The third kappa shape index (κ3) is 2.13. The standard InChI is InChI=1S/C13H15NO3S/c1-7-5-10(16-3)11(17-4)6-9(7)12-14-8(2)13(15)18-12/h5-6,15H,1-4H3. The molecule has 2 rings (SSSR count). The van der Waals surface area contributed by atoms with Crippen LogP contribution in [0.15, 0.2) is 12.1 Å². The van der Waals surface area contributed by atoms with Gasteiger partial charge in [0.1, 0.15) is 5.01 Å². The van der Waals surface area contributed by atoms with Crippen molar-refractivity contribution in [1.29, 1.82) is 0 Å². The molecule has 0 bridgehead atoms. The number of nitrogens with zero attached hydrogens (tertiary/aromatic N) is 1. The number of methoxy groups -OCH3 is 2. The monoisotopic (exact) mass is 265 g/mol. The third-order valence-corrected chi connectivity index (χ3v) is 3.73. The normalized spacial score (nSPS) is 10.4. The van der Waals surface area contributed by atoms with Crippen molar-refractivity contribution in [2.24, 2.45) is 0 Å². The van der Waals surface area contributed by atoms with Gasteiger partial charge in [-0.05, 0) is 31.5 Å². The van der Waals surface area contributed by atoms with E-state index in [0.717, 1.165) is 16.1 Å². The van der Waals surface area contributed by atoms with Crippen molar-refractivity contribution in [2.45, 2.75) is 13.8 Å². The van der Waals surface area contributed by atoms with Crippen LogP contribution in [0.1, 0.15) is 11.3 Å². The molecule has 18 heavy (non-hydrogen) atoms. The summed E-state index contributed by atoms with van der Waals surface area (Å²) in [5.41, 5.74) is 2.62. The molecule has 0 saturated carbocycles. The highest BCUT2D eigenvalue weighted by Crippen LogP contribution is 2.39. The van der Waals surface area contributed by atoms with Gasteiger partial charge >= 0.3 is 0 Å². The third-order valence-electron chi connectivity index (χ3n) is 2.73. The highest BCUT2D eigenvalue weighted by Gasteiger charge is 2.14. The van der Waals surface area contributed by atoms with E-state index in [1.165, 1.54) is 11.3 Å². The van der Waals surface area contributed by atoms with Crippen LogP contribution in [0, 0.1) is 13.8 Å². The van der Waals surface area contributed by atoms with Crippen LogP contribution in [0.25, 0.3) is 10.6 Å². The lowest BCUT2D eigenvalue weighted by Crippen LogP contribution is -1.93. The Morgan fingerprint density at radius 3 is 2.22 bits per heavy atom. The lowest BCUT2D eigenvalue weighted by molar-refractivity contribution is 0.355. The van der Waals surface area contributed by atoms with Crippen LogP contribution in [-0.4, -0.2) is 24.3 Å². The molecule has 0 fully saturated rings. The van der Waals surface area contributed by atoms with Crippen molar-refractivity contribution < 1.29 is 14.6 Å². The summed E-state index contributed by atoms with van der Waals surface area (Å²) in [5.74, 6) is 1.35. The van der Waals surface area contributed by atoms with Gasteiger partial charge in [0, 0.05) is 5.56 Å². The van der Waals surface area contributed by atoms with E-state index in [-0.39, 0.29) is 5.06 Å². The van der Waals surface area contributed by atoms with Gasteiger partial charge in [-0.3, -0.25) is 0 Å². The molecule has 0 aliphatic rings. The molecule has 0 atom stereocenters. The van der Waals surface area contributed by atoms with Crippen LogP contribution >= 0.6 is 11.3 Å². The summed E-state index contributed by atoms with van der Waals surface area (Å²) < 4.78 is 10.5. The van der Waals surface area contributed by atoms with E-state index >= 15 is 0 Å². The molecule has 0 amide bonds. The zero-order valence-corrected chi connectivity index (χ0v) is 11.6. The van der Waals surface area contributed by atoms with E-state index in [9.17, 15) is 5.11 Å². The Kier molecular flexibility index (Phi) is 3.43. The number of aryl methyl sites for hydroxylation is 2. The van der Waals surface area contributed by atoms with Gasteiger partial charge in [-0.25, -0.2) is 4.98 Å². The fraction of sp³-hybridized carbons (Fsp3) is 0.308. The largest absolute Gasteiger partial charge is 0.498 e. The quantitative estimate of drug-likeness (QED) is 0.926. The van der Waals surface area contributed by atoms with Gasteiger partial charge in [0.2, 0.25) is 0 Å². The molecule has 0 radical (unpaired) electrons. The highest BCUT2D eigenvalue weighted by atomic mass is 32.1. The predicted molar refractivity (Wildman–Crippen MR) is 71.8 cm³/mol. The van der Waals surface area contributed by atoms with Gasteiger partial charge in [-0.2, -0.15) is 0 Å². The van der Waals surface area contributed by atoms with Gasteiger partial charge < -0.3 is 14.6 Å². The highest BCUT2D eigenvalue weighted by molar-refractivity contribution is 7.16. The fourth-order valence-corrected chi connectivity index (χ4v) is 2.60. The maximum absolute atomic E-state index is 9.62. The molecular formula is C13H15NO3S. The lowest BCUT2D eigenvalue weighted by atomic mass is 10.1. The Balaban J connectivity index is 2.57. The summed E-state index contributed by atoms with van der Waals surface area (Å²) in [5, 5.41) is 10.6. The van der Waals surface area contributed by atoms with E-state index in [2.05, 4.69) is 4.98 Å². The lowest BCUT2D eigenvalue weighted by Gasteiger charge is -2.11. The molecular weight excluding hydrogens is 250 g/mol. The van der Waals surface area contributed by atoms with Gasteiger partial charge in [0.05, 0.1) is 19.9 Å². The van der Waals surface area contributed by atoms with Crippen molar-refractivity contribution in [3.05, 3.63) is 23.4 Å². The molecule has 1 heterocycles. The molecule has 0 unspecified atom stereocenters. The average Bonchev–Trinajstić information content (AvgIpc) is 2.69. The molecule has 0 spiro atoms. The second-order valence-corrected chi connectivity index (χ2v) is 4.91. The minimum atomic E-state index is 0.249. The molecule has 0 aliphatic heterocycles. The number of hydrogen-bond donors (Lipinski definition) is 1. The molecule has 2 aromatic rings. The first-order valence-electron chi connectivity index (χ1n) is 5.46. The maximum Gasteiger partial charge on any atom is 0.195 e. The number of hydrogen-bond acceptors (Lipinski definition) is 5. The van der Waals surface area contributed by atoms with Gasteiger partial charge in [0.15, 0.2) is 16.6 Å². The Bertz CT molecular complexity index is 558. The van der Waals surface area contributed by atoms with E-state index in [0.29, 0.717) is 17.2 Å². The van der Waals surface area contributed by atoms with Gasteiger partial charge in [-0.15, -0.1) is 0 Å². The topological polar surface area (TPSA) is 51.6 Å². The Labute approximate surface area is 110 Å². The minimum absolute atomic E-state index is 0.249. The van der Waals surface area contributed by atoms with Crippen molar-refractivity contribution >= 4 is 11.3 Å². The number of thiazole rings is 1. The van der Waals surface area contributed by atoms with Crippen molar-refractivity contribution in [2.75, 3.05) is 14.2 Å². The van der Waals surface area contributed by atoms with Crippen molar-refractivity contribution in [3.63, 3.8) is 0 Å². The number of ether oxygens (including phenoxy) is 2. The number of rotatable bonds is 3. The van der Waals surface area contributed by atoms with Gasteiger partial charge in [0.25, 0.3) is 0 Å². The average molecular weight is 265 g/mol. The zero-order chi connectivity index (χ0) is 13.3. The van der Waals surface area contributed by atoms with E-state index in [1.54, 1.807) is 21.1 Å². The van der Waals surface area contributed by atoms with E-state index < -0.39 is 0 Å². The molecule has 5 heteroatoms. The second kappa shape index (κ2) is 4.86. The smallest absolute Gasteiger partial charge is 0.195 e. The fourth-order valence-electron chi connectivity index (χ4n) is 1.71. The first-order chi connectivity index (χ1) is 8.56. The van der Waals surface area contributed by atoms with Crippen LogP contribution in [0.4, 0.5) is 0 Å². The molecule has 4 nitrogen and oxygen atoms in total. The summed E-state index contributed by atoms with van der Waals surface area (Å²) in [6.07, 6.45) is 0. The first kappa shape index (κ1) is 12.7. The van der Waals surface area contributed by atoms with Crippen LogP contribution in [0.5, 0.6) is 16.6 Å². The van der Waals surface area contributed by atoms with Crippen molar-refractivity contribution in [3.8, 4) is 27.1 Å². The molecule has 0 saturated heterocycles. The molecule has 96 valence electrons. The Morgan fingerprint density at radius 2 is 1.72 bits per heavy atom. The first-order valence-corrected chi connectivity index (χ1v) is 6.28. The van der Waals surface area contributed by atoms with Crippen LogP contribution < -0.4 is 9.47 Å². The van der Waals surface area contributed by atoms with Crippen molar-refractivity contribution in [1.82, 2.24) is 4.98 Å². The maximum atomic E-state index is 9.62. The summed E-state index contributed by atoms with van der Waals surface area (Å²) >= 11 is 1.26. The van der Waals surface area contributed by atoms with Crippen LogP contribution in [0.2, 0.25) is 0 Å². The zero-order valence-electron chi connectivity index (χ0n) is 10.8. The van der Waals surface area contributed by atoms with E-state index in [1.807, 2.05) is 19.1 Å². The molecule has 1 N–H and O–H groups in total. The number of benzene rings is 1. The Morgan fingerprint density at radius 1 is 1.11 bits per heavy atom. The molecule has 1 aromatic carbocycles. The van der Waals surface area contributed by atoms with Crippen LogP contribution in [-0.2, 0) is 0 Å². The molecule has 0 aliphatic carbocycles. The summed E-state index contributed by atoms with van der Waals surface area (Å²) in [6.45, 7) is 3.76.